The Kier molecular flexibility index (Phi) is 2.43. The fraction of sp³-hybridized carbons (Fsp3) is 0.667. The van der Waals surface area contributed by atoms with Crippen LogP contribution in [0.1, 0.15) is 13.3 Å². The molecule has 0 aliphatic carbocycles. The molecule has 11 heavy (non-hydrogen) atoms. The number of carbonyl (C=O) groups is 2. The Morgan fingerprint density at radius 1 is 1.45 bits per heavy atom. The largest absolute Gasteiger partial charge is 0.368 e. The Balaban J connectivity index is 2.15. The van der Waals surface area contributed by atoms with Gasteiger partial charge < -0.3 is 4.74 Å². The number of nitrogens with one attached hydrogen (secondary N) is 2. The highest BCUT2D eigenvalue weighted by Crippen LogP contribution is 2.09. The van der Waals surface area contributed by atoms with Crippen molar-refractivity contribution in [3.05, 3.63) is 0 Å². The van der Waals surface area contributed by atoms with Crippen molar-refractivity contribution >= 4 is 11.8 Å². The third-order valence-electron chi connectivity index (χ3n) is 1.35. The molecule has 1 atom stereocenters. The van der Waals surface area contributed by atoms with E-state index in [1.54, 1.807) is 0 Å². The van der Waals surface area contributed by atoms with Crippen LogP contribution in [0.4, 0.5) is 0 Å². The molecule has 2 amide bonds. The maximum atomic E-state index is 10.9. The molecule has 5 heteroatoms. The summed E-state index contributed by atoms with van der Waals surface area (Å²) in [6.07, 6.45) is 0.354. The normalized spacial score (nSPS) is 21.7. The minimum Gasteiger partial charge on any atom is -0.368 e. The van der Waals surface area contributed by atoms with Crippen molar-refractivity contribution in [1.82, 2.24) is 10.9 Å². The molecule has 1 heterocycles. The topological polar surface area (TPSA) is 67.4 Å². The first kappa shape index (κ1) is 8.00. The van der Waals surface area contributed by atoms with Crippen LogP contribution < -0.4 is 10.9 Å². The van der Waals surface area contributed by atoms with Crippen LogP contribution >= 0.6 is 0 Å². The molecule has 0 bridgehead atoms. The summed E-state index contributed by atoms with van der Waals surface area (Å²) in [5.41, 5.74) is 4.40. The van der Waals surface area contributed by atoms with E-state index in [9.17, 15) is 9.59 Å². The summed E-state index contributed by atoms with van der Waals surface area (Å²) in [5.74, 6) is -0.580. The van der Waals surface area contributed by atoms with Crippen LogP contribution in [0, 0.1) is 0 Å². The number of hydrogen-bond donors (Lipinski definition) is 2. The summed E-state index contributed by atoms with van der Waals surface area (Å²) in [6.45, 7) is 1.94. The van der Waals surface area contributed by atoms with Gasteiger partial charge in [0.1, 0.15) is 6.10 Å². The predicted molar refractivity (Wildman–Crippen MR) is 36.3 cm³/mol. The summed E-state index contributed by atoms with van der Waals surface area (Å²) in [4.78, 5) is 21.2. The lowest BCUT2D eigenvalue weighted by Crippen LogP contribution is -2.49. The van der Waals surface area contributed by atoms with Gasteiger partial charge in [-0.25, -0.2) is 0 Å². The van der Waals surface area contributed by atoms with Crippen LogP contribution in [-0.2, 0) is 14.3 Å². The molecule has 0 saturated carbocycles. The van der Waals surface area contributed by atoms with Crippen molar-refractivity contribution in [2.75, 3.05) is 6.61 Å². The molecule has 0 radical (unpaired) electrons. The summed E-state index contributed by atoms with van der Waals surface area (Å²) in [7, 11) is 0. The van der Waals surface area contributed by atoms with Gasteiger partial charge in [0.05, 0.1) is 6.61 Å². The average Bonchev–Trinajstić information content (AvgIpc) is 1.79. The van der Waals surface area contributed by atoms with E-state index >= 15 is 0 Å². The van der Waals surface area contributed by atoms with Crippen LogP contribution in [0.25, 0.3) is 0 Å². The maximum absolute atomic E-state index is 10.9. The Morgan fingerprint density at radius 2 is 2.09 bits per heavy atom. The molecule has 1 rings (SSSR count). The zero-order valence-corrected chi connectivity index (χ0v) is 6.22. The highest BCUT2D eigenvalue weighted by atomic mass is 16.5. The van der Waals surface area contributed by atoms with Crippen molar-refractivity contribution in [2.45, 2.75) is 19.4 Å². The molecule has 1 unspecified atom stereocenters. The van der Waals surface area contributed by atoms with Gasteiger partial charge in [-0.15, -0.1) is 0 Å². The smallest absolute Gasteiger partial charge is 0.267 e. The second-order valence-electron chi connectivity index (χ2n) is 2.32. The molecule has 1 fully saturated rings. The summed E-state index contributed by atoms with van der Waals surface area (Å²) < 4.78 is 4.86. The first-order valence-corrected chi connectivity index (χ1v) is 3.38. The zero-order chi connectivity index (χ0) is 8.27. The van der Waals surface area contributed by atoms with Gasteiger partial charge in [-0.05, 0) is 0 Å². The Bertz CT molecular complexity index is 177. The van der Waals surface area contributed by atoms with E-state index in [1.165, 1.54) is 6.92 Å². The second-order valence-corrected chi connectivity index (χ2v) is 2.32. The highest BCUT2D eigenvalue weighted by Gasteiger charge is 2.25. The van der Waals surface area contributed by atoms with Gasteiger partial charge in [-0.2, -0.15) is 0 Å². The maximum Gasteiger partial charge on any atom is 0.267 e. The Hall–Kier alpha value is -1.10. The van der Waals surface area contributed by atoms with Crippen LogP contribution in [-0.4, -0.2) is 24.5 Å². The van der Waals surface area contributed by atoms with Gasteiger partial charge in [0, 0.05) is 13.3 Å². The number of ether oxygens (including phenoxy) is 1. The third kappa shape index (κ3) is 2.19. The van der Waals surface area contributed by atoms with Crippen LogP contribution in [0.3, 0.4) is 0 Å². The third-order valence-corrected chi connectivity index (χ3v) is 1.35. The van der Waals surface area contributed by atoms with Crippen molar-refractivity contribution in [2.24, 2.45) is 0 Å². The molecule has 2 N–H and O–H groups in total. The fourth-order valence-corrected chi connectivity index (χ4v) is 0.673. The van der Waals surface area contributed by atoms with E-state index in [0.717, 1.165) is 6.42 Å². The lowest BCUT2D eigenvalue weighted by atomic mass is 10.2. The molecule has 1 saturated heterocycles. The SMILES string of the molecule is CC(=O)NNC(=O)C1CCO1. The fourth-order valence-electron chi connectivity index (χ4n) is 0.673. The minimum absolute atomic E-state index is 0.286. The number of hydrogen-bond acceptors (Lipinski definition) is 3. The van der Waals surface area contributed by atoms with Gasteiger partial charge in [0.25, 0.3) is 5.91 Å². The Labute approximate surface area is 64.1 Å². The predicted octanol–water partition coefficient (Wildman–Crippen LogP) is -1.06. The van der Waals surface area contributed by atoms with Gasteiger partial charge in [0.15, 0.2) is 0 Å². The van der Waals surface area contributed by atoms with E-state index in [-0.39, 0.29) is 17.9 Å². The summed E-state index contributed by atoms with van der Waals surface area (Å²) in [6, 6.07) is 0. The second kappa shape index (κ2) is 3.34. The number of carbonyl (C=O) groups excluding carboxylic acids is 2. The summed E-state index contributed by atoms with van der Waals surface area (Å²) in [5, 5.41) is 0. The molecule has 0 aromatic carbocycles. The number of amides is 2. The summed E-state index contributed by atoms with van der Waals surface area (Å²) >= 11 is 0. The quantitative estimate of drug-likeness (QED) is 0.478. The molecule has 62 valence electrons. The van der Waals surface area contributed by atoms with Gasteiger partial charge in [-0.1, -0.05) is 0 Å². The number of rotatable bonds is 1. The molecule has 0 aromatic rings. The molecule has 0 spiro atoms. The van der Waals surface area contributed by atoms with Crippen molar-refractivity contribution in [1.29, 1.82) is 0 Å². The minimum atomic E-state index is -0.373. The first-order chi connectivity index (χ1) is 5.20. The van der Waals surface area contributed by atoms with Crippen LogP contribution in [0.2, 0.25) is 0 Å². The van der Waals surface area contributed by atoms with Crippen molar-refractivity contribution in [3.8, 4) is 0 Å². The zero-order valence-electron chi connectivity index (χ0n) is 6.22. The Morgan fingerprint density at radius 3 is 2.45 bits per heavy atom. The van der Waals surface area contributed by atoms with Gasteiger partial charge in [-0.3, -0.25) is 20.4 Å². The van der Waals surface area contributed by atoms with Crippen LogP contribution in [0.15, 0.2) is 0 Å². The van der Waals surface area contributed by atoms with E-state index in [2.05, 4.69) is 10.9 Å². The molecule has 0 aromatic heterocycles. The molecule has 1 aliphatic rings. The standard InChI is InChI=1S/C6H10N2O3/c1-4(9)7-8-6(10)5-2-3-11-5/h5H,2-3H2,1H3,(H,7,9)(H,8,10). The highest BCUT2D eigenvalue weighted by molar-refractivity contribution is 5.84. The molecular formula is C6H10N2O3. The van der Waals surface area contributed by atoms with E-state index < -0.39 is 0 Å². The molecule has 5 nitrogen and oxygen atoms in total. The van der Waals surface area contributed by atoms with Crippen molar-refractivity contribution in [3.63, 3.8) is 0 Å². The monoisotopic (exact) mass is 158 g/mol. The van der Waals surface area contributed by atoms with E-state index in [0.29, 0.717) is 6.61 Å². The number of hydrazine groups is 1. The van der Waals surface area contributed by atoms with Gasteiger partial charge in [0.2, 0.25) is 5.91 Å². The van der Waals surface area contributed by atoms with Gasteiger partial charge >= 0.3 is 0 Å². The lowest BCUT2D eigenvalue weighted by Gasteiger charge is -2.24. The molecular weight excluding hydrogens is 148 g/mol. The first-order valence-electron chi connectivity index (χ1n) is 3.38. The average molecular weight is 158 g/mol. The van der Waals surface area contributed by atoms with E-state index in [4.69, 9.17) is 4.74 Å². The van der Waals surface area contributed by atoms with E-state index in [1.807, 2.05) is 0 Å². The molecule has 1 aliphatic heterocycles. The van der Waals surface area contributed by atoms with Crippen LogP contribution in [0.5, 0.6) is 0 Å². The van der Waals surface area contributed by atoms with Crippen molar-refractivity contribution < 1.29 is 14.3 Å². The lowest BCUT2D eigenvalue weighted by molar-refractivity contribution is -0.147.